The van der Waals surface area contributed by atoms with Crippen LogP contribution < -0.4 is 10.8 Å². The molecule has 3 rings (SSSR count). The fourth-order valence-corrected chi connectivity index (χ4v) is 3.28. The van der Waals surface area contributed by atoms with Gasteiger partial charge in [0, 0.05) is 24.4 Å². The van der Waals surface area contributed by atoms with Crippen molar-refractivity contribution in [2.75, 3.05) is 13.6 Å². The zero-order valence-corrected chi connectivity index (χ0v) is 19.3. The van der Waals surface area contributed by atoms with Crippen LogP contribution in [0.4, 0.5) is 0 Å². The monoisotopic (exact) mass is 400 g/mol. The minimum absolute atomic E-state index is 0.382. The van der Waals surface area contributed by atoms with E-state index < -0.39 is 14.2 Å². The first-order chi connectivity index (χ1) is 13.3. The van der Waals surface area contributed by atoms with Crippen LogP contribution in [0.1, 0.15) is 61.0 Å². The third kappa shape index (κ3) is 4.32. The van der Waals surface area contributed by atoms with Crippen LogP contribution in [0.2, 0.25) is 0 Å². The highest BCUT2D eigenvalue weighted by atomic mass is 16.7. The van der Waals surface area contributed by atoms with Crippen molar-refractivity contribution < 1.29 is 18.6 Å². The first-order valence-corrected chi connectivity index (χ1v) is 10.3. The number of pyridine rings is 1. The van der Waals surface area contributed by atoms with E-state index >= 15 is 0 Å². The summed E-state index contributed by atoms with van der Waals surface area (Å²) >= 11 is 0. The average Bonchev–Trinajstić information content (AvgIpc) is 2.94. The van der Waals surface area contributed by atoms with E-state index in [0.717, 1.165) is 16.5 Å². The molecule has 2 aliphatic rings. The molecular formula is C21H34B2N2O4. The first kappa shape index (κ1) is 22.5. The highest BCUT2D eigenvalue weighted by Gasteiger charge is 2.53. The summed E-state index contributed by atoms with van der Waals surface area (Å²) in [6.45, 7) is 17.1. The van der Waals surface area contributed by atoms with E-state index in [2.05, 4.69) is 50.1 Å². The van der Waals surface area contributed by atoms with Crippen LogP contribution in [-0.2, 0) is 18.6 Å². The van der Waals surface area contributed by atoms with Crippen LogP contribution in [0.15, 0.2) is 23.9 Å². The van der Waals surface area contributed by atoms with E-state index in [9.17, 15) is 0 Å². The van der Waals surface area contributed by atoms with Crippen molar-refractivity contribution in [2.45, 2.75) is 77.8 Å². The molecule has 29 heavy (non-hydrogen) atoms. The van der Waals surface area contributed by atoms with Gasteiger partial charge in [-0.05, 0) is 73.5 Å². The maximum Gasteiger partial charge on any atom is 0.496 e. The molecule has 0 aliphatic carbocycles. The fourth-order valence-electron chi connectivity index (χ4n) is 3.28. The van der Waals surface area contributed by atoms with E-state index in [-0.39, 0.29) is 22.4 Å². The molecule has 6 nitrogen and oxygen atoms in total. The predicted molar refractivity (Wildman–Crippen MR) is 118 cm³/mol. The van der Waals surface area contributed by atoms with Crippen molar-refractivity contribution in [3.05, 3.63) is 29.5 Å². The van der Waals surface area contributed by atoms with Gasteiger partial charge in [0.2, 0.25) is 0 Å². The molecule has 1 aromatic heterocycles. The molecule has 2 fully saturated rings. The molecule has 8 heteroatoms. The number of hydrogen-bond donors (Lipinski definition) is 1. The van der Waals surface area contributed by atoms with Gasteiger partial charge in [0.25, 0.3) is 0 Å². The van der Waals surface area contributed by atoms with E-state index in [1.165, 1.54) is 0 Å². The minimum Gasteiger partial charge on any atom is -0.400 e. The number of rotatable bonds is 5. The second-order valence-corrected chi connectivity index (χ2v) is 9.98. The number of nitrogens with one attached hydrogen (secondary N) is 1. The molecular weight excluding hydrogens is 366 g/mol. The predicted octanol–water partition coefficient (Wildman–Crippen LogP) is 2.62. The Balaban J connectivity index is 1.86. The summed E-state index contributed by atoms with van der Waals surface area (Å²) in [6.07, 6.45) is 5.70. The van der Waals surface area contributed by atoms with Crippen molar-refractivity contribution in [1.82, 2.24) is 10.3 Å². The Morgan fingerprint density at radius 1 is 0.897 bits per heavy atom. The van der Waals surface area contributed by atoms with Crippen LogP contribution >= 0.6 is 0 Å². The largest absolute Gasteiger partial charge is 0.496 e. The van der Waals surface area contributed by atoms with E-state index in [1.54, 1.807) is 6.20 Å². The smallest absolute Gasteiger partial charge is 0.400 e. The van der Waals surface area contributed by atoms with Crippen LogP contribution in [0.5, 0.6) is 0 Å². The van der Waals surface area contributed by atoms with Crippen molar-refractivity contribution in [3.63, 3.8) is 0 Å². The molecule has 0 saturated carbocycles. The molecule has 0 aromatic carbocycles. The Bertz CT molecular complexity index is 761. The molecule has 158 valence electrons. The molecule has 0 amide bonds. The average molecular weight is 400 g/mol. The summed E-state index contributed by atoms with van der Waals surface area (Å²) < 4.78 is 24.8. The van der Waals surface area contributed by atoms with Gasteiger partial charge in [0.05, 0.1) is 22.4 Å². The summed E-state index contributed by atoms with van der Waals surface area (Å²) in [4.78, 5) is 4.42. The van der Waals surface area contributed by atoms with Gasteiger partial charge in [-0.1, -0.05) is 12.1 Å². The molecule has 2 aliphatic heterocycles. The van der Waals surface area contributed by atoms with E-state index in [4.69, 9.17) is 18.6 Å². The van der Waals surface area contributed by atoms with Gasteiger partial charge in [0.15, 0.2) is 0 Å². The summed E-state index contributed by atoms with van der Waals surface area (Å²) in [5.41, 5.74) is 1.33. The van der Waals surface area contributed by atoms with Crippen molar-refractivity contribution >= 4 is 25.8 Å². The van der Waals surface area contributed by atoms with Gasteiger partial charge in [-0.25, -0.2) is 0 Å². The van der Waals surface area contributed by atoms with Crippen LogP contribution in [0.25, 0.3) is 6.08 Å². The number of aromatic nitrogens is 1. The summed E-state index contributed by atoms with van der Waals surface area (Å²) in [7, 11) is 1.07. The summed E-state index contributed by atoms with van der Waals surface area (Å²) in [5.74, 6) is 0. The quantitative estimate of drug-likeness (QED) is 0.768. The summed E-state index contributed by atoms with van der Waals surface area (Å²) in [5, 5.41) is 3.21. The van der Waals surface area contributed by atoms with Crippen molar-refractivity contribution in [1.29, 1.82) is 0 Å². The molecule has 1 N–H and O–H groups in total. The van der Waals surface area contributed by atoms with E-state index in [1.807, 2.05) is 40.9 Å². The number of nitrogens with zero attached hydrogens (tertiary/aromatic N) is 1. The highest BCUT2D eigenvalue weighted by Crippen LogP contribution is 2.39. The van der Waals surface area contributed by atoms with E-state index in [0.29, 0.717) is 6.54 Å². The van der Waals surface area contributed by atoms with Gasteiger partial charge in [-0.2, -0.15) is 0 Å². The molecule has 0 radical (unpaired) electrons. The maximum absolute atomic E-state index is 6.24. The normalized spacial score (nSPS) is 24.9. The van der Waals surface area contributed by atoms with Crippen LogP contribution in [-0.4, -0.2) is 55.2 Å². The molecule has 0 bridgehead atoms. The Hall–Kier alpha value is -1.18. The molecule has 1 aromatic rings. The lowest BCUT2D eigenvalue weighted by Crippen LogP contribution is -2.41. The fraction of sp³-hybridized carbons (Fsp3) is 0.667. The zero-order chi connectivity index (χ0) is 21.7. The third-order valence-electron chi connectivity index (χ3n) is 6.59. The Morgan fingerprint density at radius 2 is 1.41 bits per heavy atom. The zero-order valence-electron chi connectivity index (χ0n) is 19.3. The Morgan fingerprint density at radius 3 is 1.93 bits per heavy atom. The lowest BCUT2D eigenvalue weighted by Gasteiger charge is -2.32. The number of likely N-dealkylation sites (N-methyl/N-ethyl adjacent to an activating group) is 1. The van der Waals surface area contributed by atoms with Gasteiger partial charge in [-0.15, -0.1) is 0 Å². The third-order valence-corrected chi connectivity index (χ3v) is 6.59. The lowest BCUT2D eigenvalue weighted by molar-refractivity contribution is 0.00578. The van der Waals surface area contributed by atoms with Crippen LogP contribution in [0.3, 0.4) is 0 Å². The number of hydrogen-bond acceptors (Lipinski definition) is 6. The van der Waals surface area contributed by atoms with Gasteiger partial charge >= 0.3 is 14.2 Å². The molecule has 2 saturated heterocycles. The van der Waals surface area contributed by atoms with Crippen LogP contribution in [0, 0.1) is 0 Å². The maximum atomic E-state index is 6.24. The second kappa shape index (κ2) is 7.50. The minimum atomic E-state index is -0.439. The van der Waals surface area contributed by atoms with Gasteiger partial charge in [-0.3, -0.25) is 4.98 Å². The first-order valence-electron chi connectivity index (χ1n) is 10.3. The SMILES string of the molecule is CNCC(=Cc1cncc(B2OC(C)(C)C(C)(C)O2)c1)B1OC(C)(C)C(C)(C)O1. The lowest BCUT2D eigenvalue weighted by atomic mass is 9.76. The second-order valence-electron chi connectivity index (χ2n) is 9.98. The van der Waals surface area contributed by atoms with Crippen molar-refractivity contribution in [3.8, 4) is 0 Å². The van der Waals surface area contributed by atoms with Gasteiger partial charge in [0.1, 0.15) is 0 Å². The molecule has 0 unspecified atom stereocenters. The topological polar surface area (TPSA) is 61.8 Å². The highest BCUT2D eigenvalue weighted by molar-refractivity contribution is 6.62. The Labute approximate surface area is 176 Å². The summed E-state index contributed by atoms with van der Waals surface area (Å²) in [6, 6.07) is 2.05. The molecule has 0 atom stereocenters. The molecule has 0 spiro atoms. The van der Waals surface area contributed by atoms with Gasteiger partial charge < -0.3 is 23.9 Å². The molecule has 3 heterocycles. The van der Waals surface area contributed by atoms with Crippen molar-refractivity contribution in [2.24, 2.45) is 0 Å². The standard InChI is InChI=1S/C21H34B2N2O4/c1-18(2)19(3,4)27-22(26-18)16(13-24-9)10-15-11-17(14-25-12-15)23-28-20(5,6)21(7,8)29-23/h10-12,14,24H,13H2,1-9H3. The Kier molecular flexibility index (Phi) is 5.82.